The Morgan fingerprint density at radius 2 is 1.76 bits per heavy atom. The maximum Gasteiger partial charge on any atom is 0.255 e. The van der Waals surface area contributed by atoms with E-state index >= 15 is 0 Å². The van der Waals surface area contributed by atoms with E-state index in [2.05, 4.69) is 56.4 Å². The summed E-state index contributed by atoms with van der Waals surface area (Å²) in [5.41, 5.74) is 5.03. The zero-order valence-electron chi connectivity index (χ0n) is 20.6. The highest BCUT2D eigenvalue weighted by Gasteiger charge is 2.49. The van der Waals surface area contributed by atoms with Crippen molar-refractivity contribution in [1.82, 2.24) is 24.8 Å². The number of nitrogens with one attached hydrogen (secondary N) is 1. The maximum atomic E-state index is 12.8. The van der Waals surface area contributed by atoms with Crippen LogP contribution in [0.4, 0.5) is 0 Å². The van der Waals surface area contributed by atoms with Crippen molar-refractivity contribution in [3.63, 3.8) is 0 Å². The highest BCUT2D eigenvalue weighted by Crippen LogP contribution is 2.40. The number of hydrogen-bond acceptors (Lipinski definition) is 6. The lowest BCUT2D eigenvalue weighted by atomic mass is 10.1. The Balaban J connectivity index is 1.54. The molecule has 0 fully saturated rings. The van der Waals surface area contributed by atoms with Gasteiger partial charge in [-0.15, -0.1) is 0 Å². The van der Waals surface area contributed by atoms with Crippen molar-refractivity contribution in [2.24, 2.45) is 0 Å². The van der Waals surface area contributed by atoms with E-state index in [1.807, 2.05) is 18.3 Å². The van der Waals surface area contributed by atoms with Crippen LogP contribution < -0.4 is 11.1 Å². The van der Waals surface area contributed by atoms with Crippen molar-refractivity contribution in [2.45, 2.75) is 77.7 Å². The molecule has 0 spiro atoms. The molecule has 0 saturated heterocycles. The predicted octanol–water partition coefficient (Wildman–Crippen LogP) is 4.26. The molecule has 176 valence electrons. The van der Waals surface area contributed by atoms with E-state index in [-0.39, 0.29) is 5.56 Å². The van der Waals surface area contributed by atoms with Gasteiger partial charge in [-0.1, -0.05) is 41.5 Å². The number of fused-ring (bicyclic) bond motifs is 1. The number of hydrogen-bond donors (Lipinski definition) is 1. The molecule has 7 nitrogen and oxygen atoms in total. The van der Waals surface area contributed by atoms with Crippen LogP contribution in [0.2, 0.25) is 16.6 Å². The molecular weight excluding hydrogens is 430 g/mol. The number of aromatic amines is 1. The van der Waals surface area contributed by atoms with Crippen LogP contribution in [0.5, 0.6) is 0 Å². The number of nitrogens with zero attached hydrogens (tertiary/aromatic N) is 4. The van der Waals surface area contributed by atoms with Crippen LogP contribution >= 0.6 is 0 Å². The van der Waals surface area contributed by atoms with Crippen LogP contribution in [0.15, 0.2) is 39.9 Å². The fraction of sp³-hybridized carbons (Fsp3) is 0.520. The third-order valence-corrected chi connectivity index (χ3v) is 14.0. The van der Waals surface area contributed by atoms with Crippen molar-refractivity contribution in [3.8, 4) is 11.4 Å². The van der Waals surface area contributed by atoms with Crippen LogP contribution in [0.25, 0.3) is 11.4 Å². The van der Waals surface area contributed by atoms with Crippen molar-refractivity contribution < 1.29 is 4.42 Å². The van der Waals surface area contributed by atoms with Gasteiger partial charge in [0.25, 0.3) is 5.56 Å². The van der Waals surface area contributed by atoms with E-state index in [0.29, 0.717) is 35.5 Å². The molecule has 1 aliphatic rings. The van der Waals surface area contributed by atoms with Gasteiger partial charge in [0.15, 0.2) is 13.6 Å². The standard InChI is InChI=1S/C25H35N5O2Si/c1-16(2)33(17(3)4,18(5)6)25-27-13-20(32-25)14-30-12-9-22-21(15-30)24(31)29-23(28-22)19-7-10-26-11-8-19/h7-8,10-11,13,16-18H,9,12,14-15H2,1-6H3,(H,28,29,31). The highest BCUT2D eigenvalue weighted by atomic mass is 28.3. The molecule has 0 unspecified atom stereocenters. The lowest BCUT2D eigenvalue weighted by Crippen LogP contribution is -2.56. The summed E-state index contributed by atoms with van der Waals surface area (Å²) in [5, 5.41) is 0. The van der Waals surface area contributed by atoms with Gasteiger partial charge < -0.3 is 9.40 Å². The molecule has 0 atom stereocenters. The number of pyridine rings is 1. The Bertz CT molecular complexity index is 1130. The lowest BCUT2D eigenvalue weighted by Gasteiger charge is -2.39. The summed E-state index contributed by atoms with van der Waals surface area (Å²) in [6, 6.07) is 3.71. The number of aromatic nitrogens is 4. The van der Waals surface area contributed by atoms with E-state index < -0.39 is 8.07 Å². The molecule has 0 radical (unpaired) electrons. The lowest BCUT2D eigenvalue weighted by molar-refractivity contribution is 0.224. The Hall–Kier alpha value is -2.58. The first-order chi connectivity index (χ1) is 15.7. The minimum atomic E-state index is -1.92. The number of oxazole rings is 1. The molecule has 3 aromatic rings. The Morgan fingerprint density at radius 1 is 1.09 bits per heavy atom. The topological polar surface area (TPSA) is 87.9 Å². The van der Waals surface area contributed by atoms with Gasteiger partial charge in [0.2, 0.25) is 0 Å². The van der Waals surface area contributed by atoms with Crippen molar-refractivity contribution in [2.75, 3.05) is 6.54 Å². The van der Waals surface area contributed by atoms with Gasteiger partial charge in [-0.25, -0.2) is 9.97 Å². The molecule has 3 aromatic heterocycles. The van der Waals surface area contributed by atoms with Gasteiger partial charge in [-0.3, -0.25) is 14.7 Å². The van der Waals surface area contributed by atoms with E-state index in [4.69, 9.17) is 14.4 Å². The average molecular weight is 466 g/mol. The molecule has 0 aliphatic carbocycles. The van der Waals surface area contributed by atoms with Gasteiger partial charge in [-0.2, -0.15) is 0 Å². The van der Waals surface area contributed by atoms with Crippen LogP contribution in [-0.2, 0) is 19.5 Å². The smallest absolute Gasteiger partial charge is 0.255 e. The SMILES string of the molecule is CC(C)[Si](c1ncc(CN2CCc3nc(-c4ccncc4)[nH]c(=O)c3C2)o1)(C(C)C)C(C)C. The van der Waals surface area contributed by atoms with Gasteiger partial charge >= 0.3 is 0 Å². The molecule has 1 N–H and O–H groups in total. The molecular formula is C25H35N5O2Si. The summed E-state index contributed by atoms with van der Waals surface area (Å²) in [7, 11) is -1.92. The second-order valence-corrected chi connectivity index (χ2v) is 15.8. The molecule has 1 aliphatic heterocycles. The normalized spacial score (nSPS) is 14.9. The van der Waals surface area contributed by atoms with Gasteiger partial charge in [0.1, 0.15) is 11.6 Å². The molecule has 33 heavy (non-hydrogen) atoms. The summed E-state index contributed by atoms with van der Waals surface area (Å²) >= 11 is 0. The molecule has 0 aromatic carbocycles. The van der Waals surface area contributed by atoms with Crippen LogP contribution in [0.1, 0.15) is 58.6 Å². The first-order valence-corrected chi connectivity index (χ1v) is 14.2. The second-order valence-electron chi connectivity index (χ2n) is 10.1. The first kappa shape index (κ1) is 23.6. The molecule has 0 bridgehead atoms. The summed E-state index contributed by atoms with van der Waals surface area (Å²) in [5.74, 6) is 1.48. The monoisotopic (exact) mass is 465 g/mol. The fourth-order valence-corrected chi connectivity index (χ4v) is 11.9. The van der Waals surface area contributed by atoms with E-state index in [1.165, 1.54) is 0 Å². The first-order valence-electron chi connectivity index (χ1n) is 11.9. The molecule has 8 heteroatoms. The largest absolute Gasteiger partial charge is 0.449 e. The van der Waals surface area contributed by atoms with Crippen LogP contribution in [0.3, 0.4) is 0 Å². The van der Waals surface area contributed by atoms with E-state index in [0.717, 1.165) is 41.1 Å². The Morgan fingerprint density at radius 3 is 2.39 bits per heavy atom. The fourth-order valence-electron chi connectivity index (χ4n) is 5.80. The van der Waals surface area contributed by atoms with Crippen molar-refractivity contribution in [3.05, 3.63) is 58.1 Å². The summed E-state index contributed by atoms with van der Waals surface area (Å²) in [6.07, 6.45) is 6.05. The average Bonchev–Trinajstić information content (AvgIpc) is 3.22. The Labute approximate surface area is 196 Å². The minimum Gasteiger partial charge on any atom is -0.449 e. The number of H-pyrrole nitrogens is 1. The summed E-state index contributed by atoms with van der Waals surface area (Å²) in [4.78, 5) is 31.6. The summed E-state index contributed by atoms with van der Waals surface area (Å²) in [6.45, 7) is 15.9. The second kappa shape index (κ2) is 9.35. The van der Waals surface area contributed by atoms with E-state index in [9.17, 15) is 4.79 Å². The molecule has 4 rings (SSSR count). The van der Waals surface area contributed by atoms with E-state index in [1.54, 1.807) is 12.4 Å². The molecule has 0 saturated carbocycles. The van der Waals surface area contributed by atoms with Gasteiger partial charge in [0.05, 0.1) is 24.0 Å². The Kier molecular flexibility index (Phi) is 6.68. The van der Waals surface area contributed by atoms with Crippen molar-refractivity contribution >= 4 is 13.6 Å². The summed E-state index contributed by atoms with van der Waals surface area (Å²) < 4.78 is 6.43. The predicted molar refractivity (Wildman–Crippen MR) is 133 cm³/mol. The van der Waals surface area contributed by atoms with Gasteiger partial charge in [-0.05, 0) is 28.8 Å². The van der Waals surface area contributed by atoms with Gasteiger partial charge in [0, 0.05) is 37.5 Å². The quantitative estimate of drug-likeness (QED) is 0.525. The highest BCUT2D eigenvalue weighted by molar-refractivity contribution is 6.93. The molecule has 0 amide bonds. The zero-order valence-corrected chi connectivity index (χ0v) is 21.6. The van der Waals surface area contributed by atoms with Crippen LogP contribution in [-0.4, -0.2) is 39.5 Å². The third kappa shape index (κ3) is 4.34. The maximum absolute atomic E-state index is 12.8. The minimum absolute atomic E-state index is 0.0689. The van der Waals surface area contributed by atoms with Crippen molar-refractivity contribution in [1.29, 1.82) is 0 Å². The third-order valence-electron chi connectivity index (χ3n) is 7.27. The molecule has 4 heterocycles. The number of rotatable bonds is 7. The van der Waals surface area contributed by atoms with Crippen LogP contribution in [0, 0.1) is 0 Å². The zero-order chi connectivity index (χ0) is 23.8.